The molecule has 0 aliphatic heterocycles. The molecule has 24 heavy (non-hydrogen) atoms. The number of aromatic hydroxyl groups is 1. The number of hydrogen-bond acceptors (Lipinski definition) is 5. The molecule has 2 aromatic rings. The number of anilines is 1. The van der Waals surface area contributed by atoms with E-state index in [1.807, 2.05) is 18.2 Å². The van der Waals surface area contributed by atoms with E-state index in [0.29, 0.717) is 22.7 Å². The second kappa shape index (κ2) is 8.24. The van der Waals surface area contributed by atoms with Crippen LogP contribution in [0.1, 0.15) is 19.4 Å². The number of phenolic OH excluding ortho intramolecular Hbond substituents is 1. The number of methoxy groups -OCH3 is 2. The molecule has 0 aromatic heterocycles. The van der Waals surface area contributed by atoms with Gasteiger partial charge >= 0.3 is 0 Å². The Balaban J connectivity index is 2.36. The third kappa shape index (κ3) is 3.98. The Bertz CT molecular complexity index is 710. The summed E-state index contributed by atoms with van der Waals surface area (Å²) in [6.45, 7) is 6.01. The van der Waals surface area contributed by atoms with E-state index in [2.05, 4.69) is 23.7 Å². The molecule has 1 N–H and O–H groups in total. The van der Waals surface area contributed by atoms with Gasteiger partial charge in [0.2, 0.25) is 0 Å². The summed E-state index contributed by atoms with van der Waals surface area (Å²) in [6.07, 6.45) is 1.64. The highest BCUT2D eigenvalue weighted by Crippen LogP contribution is 2.32. The number of benzene rings is 2. The molecular formula is C19H24N2O3. The van der Waals surface area contributed by atoms with Crippen molar-refractivity contribution in [1.29, 1.82) is 0 Å². The zero-order chi connectivity index (χ0) is 17.5. The van der Waals surface area contributed by atoms with Crippen LogP contribution in [-0.4, -0.2) is 38.6 Å². The van der Waals surface area contributed by atoms with E-state index in [0.717, 1.165) is 18.8 Å². The average molecular weight is 328 g/mol. The summed E-state index contributed by atoms with van der Waals surface area (Å²) in [5, 5.41) is 10.1. The number of rotatable bonds is 7. The number of ether oxygens (including phenoxy) is 2. The Kier molecular flexibility index (Phi) is 6.07. The first-order valence-electron chi connectivity index (χ1n) is 7.97. The van der Waals surface area contributed by atoms with Crippen molar-refractivity contribution in [3.63, 3.8) is 0 Å². The minimum absolute atomic E-state index is 0.191. The fourth-order valence-electron chi connectivity index (χ4n) is 2.47. The molecule has 0 fully saturated rings. The minimum Gasteiger partial charge on any atom is -0.507 e. The van der Waals surface area contributed by atoms with Gasteiger partial charge in [0.15, 0.2) is 0 Å². The van der Waals surface area contributed by atoms with Crippen LogP contribution < -0.4 is 14.4 Å². The van der Waals surface area contributed by atoms with Crippen LogP contribution in [0, 0.1) is 0 Å². The van der Waals surface area contributed by atoms with Crippen molar-refractivity contribution in [2.24, 2.45) is 4.99 Å². The quantitative estimate of drug-likeness (QED) is 0.780. The van der Waals surface area contributed by atoms with Gasteiger partial charge in [0, 0.05) is 36.6 Å². The van der Waals surface area contributed by atoms with Crippen LogP contribution >= 0.6 is 0 Å². The van der Waals surface area contributed by atoms with Gasteiger partial charge in [0.25, 0.3) is 0 Å². The van der Waals surface area contributed by atoms with E-state index in [-0.39, 0.29) is 5.75 Å². The Labute approximate surface area is 143 Å². The van der Waals surface area contributed by atoms with Gasteiger partial charge in [-0.25, -0.2) is 0 Å². The van der Waals surface area contributed by atoms with Crippen LogP contribution in [0.25, 0.3) is 0 Å². The first-order chi connectivity index (χ1) is 11.6. The Hall–Kier alpha value is -2.69. The highest BCUT2D eigenvalue weighted by molar-refractivity contribution is 5.87. The Morgan fingerprint density at radius 1 is 1.04 bits per heavy atom. The summed E-state index contributed by atoms with van der Waals surface area (Å²) in [5.41, 5.74) is 2.35. The average Bonchev–Trinajstić information content (AvgIpc) is 2.62. The van der Waals surface area contributed by atoms with Crippen LogP contribution in [0.15, 0.2) is 41.4 Å². The van der Waals surface area contributed by atoms with Crippen LogP contribution in [-0.2, 0) is 0 Å². The third-order valence-corrected chi connectivity index (χ3v) is 3.87. The zero-order valence-corrected chi connectivity index (χ0v) is 14.6. The minimum atomic E-state index is 0.191. The summed E-state index contributed by atoms with van der Waals surface area (Å²) in [6, 6.07) is 10.9. The summed E-state index contributed by atoms with van der Waals surface area (Å²) in [5.74, 6) is 1.53. The first kappa shape index (κ1) is 17.7. The third-order valence-electron chi connectivity index (χ3n) is 3.87. The molecule has 0 radical (unpaired) electrons. The predicted octanol–water partition coefficient (Wildman–Crippen LogP) is 4.01. The van der Waals surface area contributed by atoms with Crippen LogP contribution in [0.5, 0.6) is 17.2 Å². The lowest BCUT2D eigenvalue weighted by Crippen LogP contribution is -2.21. The monoisotopic (exact) mass is 328 g/mol. The fraction of sp³-hybridized carbons (Fsp3) is 0.316. The van der Waals surface area contributed by atoms with Crippen molar-refractivity contribution < 1.29 is 14.6 Å². The molecular weight excluding hydrogens is 304 g/mol. The van der Waals surface area contributed by atoms with Crippen molar-refractivity contribution in [2.75, 3.05) is 32.2 Å². The number of aliphatic imine (C=N–C) groups is 1. The predicted molar refractivity (Wildman–Crippen MR) is 98.5 cm³/mol. The largest absolute Gasteiger partial charge is 0.507 e. The summed E-state index contributed by atoms with van der Waals surface area (Å²) in [7, 11) is 3.20. The molecule has 0 heterocycles. The zero-order valence-electron chi connectivity index (χ0n) is 14.6. The topological polar surface area (TPSA) is 54.3 Å². The lowest BCUT2D eigenvalue weighted by atomic mass is 10.1. The van der Waals surface area contributed by atoms with E-state index in [4.69, 9.17) is 9.47 Å². The molecule has 0 aliphatic rings. The molecule has 2 rings (SSSR count). The van der Waals surface area contributed by atoms with Gasteiger partial charge in [-0.15, -0.1) is 0 Å². The van der Waals surface area contributed by atoms with E-state index >= 15 is 0 Å². The molecule has 0 saturated carbocycles. The van der Waals surface area contributed by atoms with Crippen molar-refractivity contribution >= 4 is 17.6 Å². The van der Waals surface area contributed by atoms with E-state index in [1.54, 1.807) is 38.6 Å². The standard InChI is InChI=1S/C19H24N2O3/c1-5-21(6-2)15-7-9-18(22)14(11-15)13-20-17-12-16(23-3)8-10-19(17)24-4/h7-13,22H,5-6H2,1-4H3. The normalized spacial score (nSPS) is 10.8. The molecule has 0 bridgehead atoms. The molecule has 5 nitrogen and oxygen atoms in total. The first-order valence-corrected chi connectivity index (χ1v) is 7.97. The molecule has 5 heteroatoms. The lowest BCUT2D eigenvalue weighted by Gasteiger charge is -2.21. The summed E-state index contributed by atoms with van der Waals surface area (Å²) in [4.78, 5) is 6.67. The fourth-order valence-corrected chi connectivity index (χ4v) is 2.47. The molecule has 0 atom stereocenters. The Morgan fingerprint density at radius 2 is 1.79 bits per heavy atom. The summed E-state index contributed by atoms with van der Waals surface area (Å²) < 4.78 is 10.5. The van der Waals surface area contributed by atoms with Crippen molar-refractivity contribution in [1.82, 2.24) is 0 Å². The highest BCUT2D eigenvalue weighted by atomic mass is 16.5. The number of nitrogens with zero attached hydrogens (tertiary/aromatic N) is 2. The molecule has 128 valence electrons. The van der Waals surface area contributed by atoms with Gasteiger partial charge in [0.1, 0.15) is 22.9 Å². The van der Waals surface area contributed by atoms with Crippen LogP contribution in [0.4, 0.5) is 11.4 Å². The molecule has 0 saturated heterocycles. The summed E-state index contributed by atoms with van der Waals surface area (Å²) >= 11 is 0. The second-order valence-corrected chi connectivity index (χ2v) is 5.21. The van der Waals surface area contributed by atoms with Gasteiger partial charge in [-0.05, 0) is 44.2 Å². The number of hydrogen-bond donors (Lipinski definition) is 1. The smallest absolute Gasteiger partial charge is 0.144 e. The van der Waals surface area contributed by atoms with Crippen molar-refractivity contribution in [2.45, 2.75) is 13.8 Å². The molecule has 0 unspecified atom stereocenters. The van der Waals surface area contributed by atoms with Gasteiger partial charge in [0.05, 0.1) is 14.2 Å². The van der Waals surface area contributed by atoms with Gasteiger partial charge in [-0.1, -0.05) is 0 Å². The van der Waals surface area contributed by atoms with Crippen molar-refractivity contribution in [3.05, 3.63) is 42.0 Å². The number of phenols is 1. The molecule has 2 aromatic carbocycles. The van der Waals surface area contributed by atoms with Crippen LogP contribution in [0.3, 0.4) is 0 Å². The molecule has 0 amide bonds. The SMILES string of the molecule is CCN(CC)c1ccc(O)c(C=Nc2cc(OC)ccc2OC)c1. The maximum Gasteiger partial charge on any atom is 0.144 e. The van der Waals surface area contributed by atoms with Gasteiger partial charge in [-0.3, -0.25) is 4.99 Å². The molecule has 0 spiro atoms. The van der Waals surface area contributed by atoms with E-state index in [9.17, 15) is 5.11 Å². The maximum absolute atomic E-state index is 10.1. The van der Waals surface area contributed by atoms with Gasteiger partial charge in [-0.2, -0.15) is 0 Å². The van der Waals surface area contributed by atoms with Crippen molar-refractivity contribution in [3.8, 4) is 17.2 Å². The highest BCUT2D eigenvalue weighted by Gasteiger charge is 2.07. The van der Waals surface area contributed by atoms with E-state index < -0.39 is 0 Å². The van der Waals surface area contributed by atoms with Crippen LogP contribution in [0.2, 0.25) is 0 Å². The van der Waals surface area contributed by atoms with Gasteiger partial charge < -0.3 is 19.5 Å². The maximum atomic E-state index is 10.1. The Morgan fingerprint density at radius 3 is 2.42 bits per heavy atom. The molecule has 0 aliphatic carbocycles. The second-order valence-electron chi connectivity index (χ2n) is 5.21. The lowest BCUT2D eigenvalue weighted by molar-refractivity contribution is 0.404. The van der Waals surface area contributed by atoms with E-state index in [1.165, 1.54) is 0 Å².